The molecule has 0 aromatic heterocycles. The molecule has 0 spiro atoms. The molecule has 290 valence electrons. The fraction of sp³-hybridized carbons (Fsp3) is 0.533. The molecule has 0 bridgehead atoms. The number of rotatable bonds is 7. The van der Waals surface area contributed by atoms with E-state index in [-0.39, 0.29) is 35.9 Å². The number of hydrogen-bond donors (Lipinski definition) is 2. The Kier molecular flexibility index (Phi) is 10.0. The van der Waals surface area contributed by atoms with Crippen LogP contribution in [0.4, 0.5) is 15.8 Å². The number of nitrogens with one attached hydrogen (secondary N) is 1. The maximum absolute atomic E-state index is 16.1. The number of piperidine rings is 2. The number of halogens is 1. The number of nitrogens with zero attached hydrogens (tertiary/aromatic N) is 4. The quantitative estimate of drug-likeness (QED) is 0.263. The first-order chi connectivity index (χ1) is 26.8. The van der Waals surface area contributed by atoms with Crippen LogP contribution in [0.3, 0.4) is 0 Å². The maximum Gasteiger partial charge on any atom is 0.255 e. The molecule has 1 saturated carbocycles. The van der Waals surface area contributed by atoms with Gasteiger partial charge in [-0.2, -0.15) is 0 Å². The zero-order valence-corrected chi connectivity index (χ0v) is 31.9. The van der Waals surface area contributed by atoms with Gasteiger partial charge in [-0.05, 0) is 115 Å². The van der Waals surface area contributed by atoms with Crippen LogP contribution in [0.1, 0.15) is 103 Å². The molecule has 9 nitrogen and oxygen atoms in total. The van der Waals surface area contributed by atoms with Crippen LogP contribution in [0.2, 0.25) is 0 Å². The van der Waals surface area contributed by atoms with Crippen molar-refractivity contribution < 1.29 is 23.9 Å². The lowest BCUT2D eigenvalue weighted by molar-refractivity contribution is -0.136. The molecule has 3 amide bonds. The van der Waals surface area contributed by atoms with Gasteiger partial charge < -0.3 is 19.8 Å². The molecule has 3 saturated heterocycles. The Hall–Kier alpha value is -4.44. The fourth-order valence-electron chi connectivity index (χ4n) is 11.0. The lowest BCUT2D eigenvalue weighted by Crippen LogP contribution is -2.52. The number of hydrogen-bond acceptors (Lipinski definition) is 7. The molecule has 2 N–H and O–H groups in total. The highest BCUT2D eigenvalue weighted by molar-refractivity contribution is 6.05. The molecular formula is C45H54FN5O4. The molecule has 3 atom stereocenters. The molecular weight excluding hydrogens is 694 g/mol. The molecule has 3 aromatic rings. The van der Waals surface area contributed by atoms with Crippen LogP contribution in [0.15, 0.2) is 54.6 Å². The normalized spacial score (nSPS) is 25.6. The van der Waals surface area contributed by atoms with E-state index in [1.54, 1.807) is 4.90 Å². The van der Waals surface area contributed by atoms with Gasteiger partial charge in [0.05, 0.1) is 5.69 Å². The van der Waals surface area contributed by atoms with Gasteiger partial charge >= 0.3 is 0 Å². The molecule has 55 heavy (non-hydrogen) atoms. The zero-order valence-electron chi connectivity index (χ0n) is 31.9. The van der Waals surface area contributed by atoms with Crippen molar-refractivity contribution in [2.45, 2.75) is 89.1 Å². The lowest BCUT2D eigenvalue weighted by Gasteiger charge is -2.41. The summed E-state index contributed by atoms with van der Waals surface area (Å²) < 4.78 is 16.1. The number of aromatic hydroxyl groups is 1. The predicted octanol–water partition coefficient (Wildman–Crippen LogP) is 6.61. The van der Waals surface area contributed by atoms with E-state index in [1.807, 2.05) is 36.4 Å². The summed E-state index contributed by atoms with van der Waals surface area (Å²) in [5.41, 5.74) is 6.99. The molecule has 10 heteroatoms. The number of aryl methyl sites for hydroxylation is 1. The van der Waals surface area contributed by atoms with Gasteiger partial charge in [0.1, 0.15) is 17.6 Å². The maximum atomic E-state index is 16.1. The second-order valence-electron chi connectivity index (χ2n) is 17.1. The van der Waals surface area contributed by atoms with Crippen LogP contribution in [-0.2, 0) is 22.6 Å². The van der Waals surface area contributed by atoms with Gasteiger partial charge in [-0.1, -0.05) is 44.2 Å². The summed E-state index contributed by atoms with van der Waals surface area (Å²) >= 11 is 0. The second kappa shape index (κ2) is 15.2. The average molecular weight is 748 g/mol. The fourth-order valence-corrected chi connectivity index (χ4v) is 11.0. The van der Waals surface area contributed by atoms with E-state index >= 15 is 4.39 Å². The van der Waals surface area contributed by atoms with Crippen LogP contribution in [-0.4, -0.2) is 84.5 Å². The number of carbonyl (C=O) groups is 3. The first-order valence-electron chi connectivity index (χ1n) is 20.9. The first kappa shape index (κ1) is 36.2. The van der Waals surface area contributed by atoms with Crippen LogP contribution >= 0.6 is 0 Å². The Labute approximate surface area is 323 Å². The Bertz CT molecular complexity index is 1950. The lowest BCUT2D eigenvalue weighted by atomic mass is 9.64. The van der Waals surface area contributed by atoms with Gasteiger partial charge in [-0.3, -0.25) is 24.6 Å². The predicted molar refractivity (Wildman–Crippen MR) is 211 cm³/mol. The molecule has 1 unspecified atom stereocenters. The van der Waals surface area contributed by atoms with Crippen molar-refractivity contribution in [2.24, 2.45) is 17.8 Å². The Morgan fingerprint density at radius 2 is 1.55 bits per heavy atom. The molecule has 4 fully saturated rings. The van der Waals surface area contributed by atoms with Crippen molar-refractivity contribution in [3.8, 4) is 5.75 Å². The van der Waals surface area contributed by atoms with Crippen LogP contribution < -0.4 is 15.1 Å². The number of benzene rings is 3. The number of carbonyl (C=O) groups excluding carboxylic acids is 3. The third kappa shape index (κ3) is 7.23. The molecule has 0 radical (unpaired) electrons. The molecule has 4 aliphatic heterocycles. The van der Waals surface area contributed by atoms with E-state index in [4.69, 9.17) is 0 Å². The van der Waals surface area contributed by atoms with Gasteiger partial charge in [-0.15, -0.1) is 0 Å². The smallest absolute Gasteiger partial charge is 0.255 e. The number of imide groups is 1. The van der Waals surface area contributed by atoms with Crippen molar-refractivity contribution in [1.82, 2.24) is 15.1 Å². The van der Waals surface area contributed by atoms with Crippen LogP contribution in [0.5, 0.6) is 5.75 Å². The third-order valence-corrected chi connectivity index (χ3v) is 13.9. The molecule has 4 heterocycles. The minimum Gasteiger partial charge on any atom is -0.508 e. The van der Waals surface area contributed by atoms with Gasteiger partial charge in [0.25, 0.3) is 5.91 Å². The van der Waals surface area contributed by atoms with Crippen molar-refractivity contribution in [1.29, 1.82) is 0 Å². The van der Waals surface area contributed by atoms with E-state index in [0.29, 0.717) is 42.0 Å². The topological polar surface area (TPSA) is 96.4 Å². The van der Waals surface area contributed by atoms with Gasteiger partial charge in [-0.25, -0.2) is 4.39 Å². The average Bonchev–Trinajstić information content (AvgIpc) is 3.53. The summed E-state index contributed by atoms with van der Waals surface area (Å²) in [7, 11) is 0. The van der Waals surface area contributed by atoms with Crippen LogP contribution in [0, 0.1) is 23.6 Å². The monoisotopic (exact) mass is 747 g/mol. The summed E-state index contributed by atoms with van der Waals surface area (Å²) in [6.07, 6.45) is 11.3. The number of fused-ring (bicyclic) bond motifs is 2. The summed E-state index contributed by atoms with van der Waals surface area (Å²) in [6, 6.07) is 17.3. The van der Waals surface area contributed by atoms with E-state index in [0.717, 1.165) is 94.0 Å². The highest BCUT2D eigenvalue weighted by atomic mass is 19.1. The second-order valence-corrected chi connectivity index (χ2v) is 17.1. The minimum atomic E-state index is -0.600. The highest BCUT2D eigenvalue weighted by Gasteiger charge is 2.40. The molecule has 3 aromatic carbocycles. The number of anilines is 2. The summed E-state index contributed by atoms with van der Waals surface area (Å²) in [6.45, 7) is 6.94. The Morgan fingerprint density at radius 3 is 2.31 bits per heavy atom. The van der Waals surface area contributed by atoms with Crippen molar-refractivity contribution in [3.63, 3.8) is 0 Å². The summed E-state index contributed by atoms with van der Waals surface area (Å²) in [5.74, 6) is 1.36. The highest BCUT2D eigenvalue weighted by Crippen LogP contribution is 2.49. The first-order valence-corrected chi connectivity index (χ1v) is 20.9. The Balaban J connectivity index is 0.787. The summed E-state index contributed by atoms with van der Waals surface area (Å²) in [5, 5.41) is 12.6. The van der Waals surface area contributed by atoms with Crippen molar-refractivity contribution in [3.05, 3.63) is 88.2 Å². The van der Waals surface area contributed by atoms with Crippen molar-refractivity contribution in [2.75, 3.05) is 55.6 Å². The number of amides is 3. The molecule has 6 aliphatic rings. The van der Waals surface area contributed by atoms with E-state index < -0.39 is 6.04 Å². The van der Waals surface area contributed by atoms with Gasteiger partial charge in [0.2, 0.25) is 11.8 Å². The SMILES string of the molecule is O=C1CCC(N2Cc3cc(N4CCN(CC5CCN(c6ccc([C@H]7c8ccc(O)cc8CC[C@H]7C7CCCCC7)cc6F)CC5)CC4)ccc3C2=O)C(=O)N1. The van der Waals surface area contributed by atoms with Gasteiger partial charge in [0, 0.05) is 75.9 Å². The van der Waals surface area contributed by atoms with Crippen LogP contribution in [0.25, 0.3) is 0 Å². The zero-order chi connectivity index (χ0) is 37.6. The number of piperazine rings is 1. The number of phenols is 1. The largest absolute Gasteiger partial charge is 0.508 e. The Morgan fingerprint density at radius 1 is 0.745 bits per heavy atom. The van der Waals surface area contributed by atoms with Crippen molar-refractivity contribution >= 4 is 29.1 Å². The number of phenolic OH excluding ortho intramolecular Hbond substituents is 1. The van der Waals surface area contributed by atoms with E-state index in [1.165, 1.54) is 43.2 Å². The van der Waals surface area contributed by atoms with E-state index in [9.17, 15) is 19.5 Å². The molecule has 2 aliphatic carbocycles. The van der Waals surface area contributed by atoms with Gasteiger partial charge in [0.15, 0.2) is 0 Å². The third-order valence-electron chi connectivity index (χ3n) is 13.9. The molecule has 9 rings (SSSR count). The van der Waals surface area contributed by atoms with E-state index in [2.05, 4.69) is 38.2 Å². The standard InChI is InChI=1S/C45H54FN5O4/c46-39-26-32(43-36(30-4-2-1-3-5-30)10-6-31-25-35(52)9-12-37(31)43)7-13-40(39)50-18-16-29(17-19-50)27-48-20-22-49(23-21-48)34-8-11-38-33(24-34)28-51(45(38)55)41-14-15-42(53)47-44(41)54/h7-9,11-13,24-26,29-30,36,41,43,52H,1-6,10,14-23,27-28H2,(H,47,53,54)/t36-,41?,43+/m0/s1. The summed E-state index contributed by atoms with van der Waals surface area (Å²) in [4.78, 5) is 46.1. The minimum absolute atomic E-state index is 0.111.